The van der Waals surface area contributed by atoms with Crippen molar-refractivity contribution in [2.24, 2.45) is 0 Å². The van der Waals surface area contributed by atoms with Crippen LogP contribution in [-0.2, 0) is 14.3 Å². The first-order chi connectivity index (χ1) is 13.3. The number of aliphatic hydroxyl groups is 1. The molecule has 5 nitrogen and oxygen atoms in total. The van der Waals surface area contributed by atoms with E-state index in [9.17, 15) is 14.7 Å². The summed E-state index contributed by atoms with van der Waals surface area (Å²) in [5.41, 5.74) is 0.904. The van der Waals surface area contributed by atoms with Crippen LogP contribution < -0.4 is 0 Å². The highest BCUT2D eigenvalue weighted by molar-refractivity contribution is 6.47. The highest BCUT2D eigenvalue weighted by Crippen LogP contribution is 2.40. The highest BCUT2D eigenvalue weighted by atomic mass is 35.5. The number of ether oxygens (including phenoxy) is 1. The normalized spacial score (nSPS) is 18.7. The third-order valence-electron chi connectivity index (χ3n) is 4.45. The standard InChI is InChI=1S/C20H16Cl3NO4/c1-28-9-8-24-17(12-4-7-14(22)15(23)10-12)16(19(26)20(24)27)18(25)11-2-5-13(21)6-3-11/h2-7,10,17,25H,8-9H2,1H3/b18-16+/t17-/m0/s1. The number of carbonyl (C=O) groups is 2. The van der Waals surface area contributed by atoms with Gasteiger partial charge >= 0.3 is 0 Å². The number of halogens is 3. The zero-order chi connectivity index (χ0) is 20.4. The summed E-state index contributed by atoms with van der Waals surface area (Å²) in [5, 5.41) is 12.0. The van der Waals surface area contributed by atoms with Crippen molar-refractivity contribution >= 4 is 52.3 Å². The van der Waals surface area contributed by atoms with E-state index in [0.717, 1.165) is 0 Å². The average Bonchev–Trinajstić information content (AvgIpc) is 2.93. The van der Waals surface area contributed by atoms with Crippen molar-refractivity contribution in [1.82, 2.24) is 4.90 Å². The Kier molecular flexibility index (Phi) is 6.30. The van der Waals surface area contributed by atoms with E-state index in [-0.39, 0.29) is 29.5 Å². The molecule has 8 heteroatoms. The molecule has 0 spiro atoms. The Morgan fingerprint density at radius 3 is 2.36 bits per heavy atom. The molecule has 146 valence electrons. The Morgan fingerprint density at radius 1 is 1.07 bits per heavy atom. The second-order valence-corrected chi connectivity index (χ2v) is 7.42. The fraction of sp³-hybridized carbons (Fsp3) is 0.200. The first kappa shape index (κ1) is 20.7. The van der Waals surface area contributed by atoms with Crippen LogP contribution in [0.1, 0.15) is 17.2 Å². The summed E-state index contributed by atoms with van der Waals surface area (Å²) < 4.78 is 5.06. The smallest absolute Gasteiger partial charge is 0.295 e. The van der Waals surface area contributed by atoms with E-state index in [1.54, 1.807) is 42.5 Å². The molecular formula is C20H16Cl3NO4. The number of likely N-dealkylation sites (tertiary alicyclic amines) is 1. The molecule has 0 unspecified atom stereocenters. The summed E-state index contributed by atoms with van der Waals surface area (Å²) in [7, 11) is 1.50. The van der Waals surface area contributed by atoms with Gasteiger partial charge < -0.3 is 14.7 Å². The summed E-state index contributed by atoms with van der Waals surface area (Å²) in [6, 6.07) is 10.3. The second kappa shape index (κ2) is 8.53. The number of amides is 1. The third-order valence-corrected chi connectivity index (χ3v) is 5.44. The summed E-state index contributed by atoms with van der Waals surface area (Å²) in [5.74, 6) is -1.78. The van der Waals surface area contributed by atoms with Gasteiger partial charge in [0, 0.05) is 24.2 Å². The van der Waals surface area contributed by atoms with Gasteiger partial charge in [-0.05, 0) is 42.0 Å². The van der Waals surface area contributed by atoms with Gasteiger partial charge in [-0.3, -0.25) is 9.59 Å². The molecule has 1 saturated heterocycles. The van der Waals surface area contributed by atoms with Crippen molar-refractivity contribution in [2.45, 2.75) is 6.04 Å². The third kappa shape index (κ3) is 3.89. The van der Waals surface area contributed by atoms with Crippen LogP contribution >= 0.6 is 34.8 Å². The van der Waals surface area contributed by atoms with Gasteiger partial charge in [-0.2, -0.15) is 0 Å². The van der Waals surface area contributed by atoms with Crippen molar-refractivity contribution in [3.05, 3.63) is 74.2 Å². The molecule has 0 saturated carbocycles. The number of aliphatic hydroxyl groups excluding tert-OH is 1. The van der Waals surface area contributed by atoms with Crippen molar-refractivity contribution in [2.75, 3.05) is 20.3 Å². The Hall–Kier alpha value is -2.05. The fourth-order valence-electron chi connectivity index (χ4n) is 3.09. The maximum absolute atomic E-state index is 12.8. The van der Waals surface area contributed by atoms with Gasteiger partial charge in [0.1, 0.15) is 5.76 Å². The monoisotopic (exact) mass is 439 g/mol. The number of ketones is 1. The van der Waals surface area contributed by atoms with Crippen LogP contribution in [0.3, 0.4) is 0 Å². The van der Waals surface area contributed by atoms with Gasteiger partial charge in [-0.15, -0.1) is 0 Å². The average molecular weight is 441 g/mol. The lowest BCUT2D eigenvalue weighted by molar-refractivity contribution is -0.140. The largest absolute Gasteiger partial charge is 0.507 e. The molecule has 3 rings (SSSR count). The minimum Gasteiger partial charge on any atom is -0.507 e. The highest BCUT2D eigenvalue weighted by Gasteiger charge is 2.46. The fourth-order valence-corrected chi connectivity index (χ4v) is 3.53. The molecule has 0 aliphatic carbocycles. The minimum absolute atomic E-state index is 0.0261. The molecule has 0 bridgehead atoms. The summed E-state index contributed by atoms with van der Waals surface area (Å²) in [6.07, 6.45) is 0. The lowest BCUT2D eigenvalue weighted by Gasteiger charge is -2.25. The molecule has 1 amide bonds. The van der Waals surface area contributed by atoms with E-state index in [2.05, 4.69) is 0 Å². The number of nitrogens with zero attached hydrogens (tertiary/aromatic N) is 1. The number of Topliss-reactive ketones (excluding diaryl/α,β-unsaturated/α-hetero) is 1. The van der Waals surface area contributed by atoms with E-state index < -0.39 is 17.7 Å². The van der Waals surface area contributed by atoms with E-state index >= 15 is 0 Å². The van der Waals surface area contributed by atoms with Crippen LogP contribution in [0, 0.1) is 0 Å². The predicted octanol–water partition coefficient (Wildman–Crippen LogP) is 4.71. The maximum atomic E-state index is 12.8. The lowest BCUT2D eigenvalue weighted by atomic mass is 9.95. The van der Waals surface area contributed by atoms with Gasteiger partial charge in [-0.25, -0.2) is 0 Å². The number of methoxy groups -OCH3 is 1. The molecule has 1 fully saturated rings. The molecule has 1 heterocycles. The minimum atomic E-state index is -0.819. The Bertz CT molecular complexity index is 956. The SMILES string of the molecule is COCCN1C(=O)C(=O)/C(=C(/O)c2ccc(Cl)cc2)[C@@H]1c1ccc(Cl)c(Cl)c1. The van der Waals surface area contributed by atoms with Gasteiger partial charge in [0.05, 0.1) is 28.3 Å². The predicted molar refractivity (Wildman–Crippen MR) is 109 cm³/mol. The molecule has 1 aliphatic rings. The van der Waals surface area contributed by atoms with E-state index in [1.807, 2.05) is 0 Å². The van der Waals surface area contributed by atoms with Gasteiger partial charge in [0.15, 0.2) is 0 Å². The first-order valence-corrected chi connectivity index (χ1v) is 9.46. The number of rotatable bonds is 5. The maximum Gasteiger partial charge on any atom is 0.295 e. The number of benzene rings is 2. The zero-order valence-electron chi connectivity index (χ0n) is 14.8. The van der Waals surface area contributed by atoms with E-state index in [0.29, 0.717) is 21.2 Å². The summed E-state index contributed by atoms with van der Waals surface area (Å²) in [4.78, 5) is 26.8. The van der Waals surface area contributed by atoms with Crippen LogP contribution in [-0.4, -0.2) is 42.0 Å². The molecule has 2 aromatic carbocycles. The molecular weight excluding hydrogens is 425 g/mol. The van der Waals surface area contributed by atoms with Crippen molar-refractivity contribution in [3.8, 4) is 0 Å². The van der Waals surface area contributed by atoms with Crippen LogP contribution in [0.15, 0.2) is 48.0 Å². The van der Waals surface area contributed by atoms with Gasteiger partial charge in [0.2, 0.25) is 0 Å². The van der Waals surface area contributed by atoms with Gasteiger partial charge in [-0.1, -0.05) is 40.9 Å². The number of carbonyl (C=O) groups excluding carboxylic acids is 2. The van der Waals surface area contributed by atoms with E-state index in [1.165, 1.54) is 12.0 Å². The molecule has 0 radical (unpaired) electrons. The van der Waals surface area contributed by atoms with Crippen LogP contribution in [0.25, 0.3) is 5.76 Å². The Balaban J connectivity index is 2.17. The first-order valence-electron chi connectivity index (χ1n) is 8.33. The second-order valence-electron chi connectivity index (χ2n) is 6.17. The summed E-state index contributed by atoms with van der Waals surface area (Å²) in [6.45, 7) is 0.398. The zero-order valence-corrected chi connectivity index (χ0v) is 17.1. The van der Waals surface area contributed by atoms with Crippen molar-refractivity contribution in [3.63, 3.8) is 0 Å². The van der Waals surface area contributed by atoms with Crippen LogP contribution in [0.5, 0.6) is 0 Å². The van der Waals surface area contributed by atoms with Crippen molar-refractivity contribution in [1.29, 1.82) is 0 Å². The number of hydrogen-bond acceptors (Lipinski definition) is 4. The lowest BCUT2D eigenvalue weighted by Crippen LogP contribution is -2.32. The summed E-state index contributed by atoms with van der Waals surface area (Å²) >= 11 is 18.0. The topological polar surface area (TPSA) is 66.8 Å². The van der Waals surface area contributed by atoms with Crippen LogP contribution in [0.4, 0.5) is 0 Å². The van der Waals surface area contributed by atoms with E-state index in [4.69, 9.17) is 39.5 Å². The number of hydrogen-bond donors (Lipinski definition) is 1. The quantitative estimate of drug-likeness (QED) is 0.415. The molecule has 1 N–H and O–H groups in total. The Labute approximate surface area is 177 Å². The van der Waals surface area contributed by atoms with Crippen molar-refractivity contribution < 1.29 is 19.4 Å². The molecule has 28 heavy (non-hydrogen) atoms. The van der Waals surface area contributed by atoms with Gasteiger partial charge in [0.25, 0.3) is 11.7 Å². The Morgan fingerprint density at radius 2 is 1.75 bits per heavy atom. The molecule has 0 aromatic heterocycles. The van der Waals surface area contributed by atoms with Crippen LogP contribution in [0.2, 0.25) is 15.1 Å². The molecule has 1 atom stereocenters. The molecule has 1 aliphatic heterocycles. The molecule has 2 aromatic rings.